The summed E-state index contributed by atoms with van der Waals surface area (Å²) in [5, 5.41) is 29.2. The molecule has 0 aromatic rings. The normalized spacial score (nSPS) is 45.8. The summed E-state index contributed by atoms with van der Waals surface area (Å²) in [4.78, 5) is 0. The van der Waals surface area contributed by atoms with Crippen LogP contribution in [0.15, 0.2) is 0 Å². The second kappa shape index (κ2) is 3.44. The average molecular weight is 165 g/mol. The van der Waals surface area contributed by atoms with Crippen LogP contribution in [0.3, 0.4) is 0 Å². The Labute approximate surface area is 63.7 Å². The molecular formula is C6H12FNO3. The molecule has 11 heavy (non-hydrogen) atoms. The van der Waals surface area contributed by atoms with Crippen molar-refractivity contribution in [3.05, 3.63) is 0 Å². The molecule has 0 saturated carbocycles. The van der Waals surface area contributed by atoms with Gasteiger partial charge in [0.15, 0.2) is 0 Å². The van der Waals surface area contributed by atoms with Crippen molar-refractivity contribution in [2.75, 3.05) is 13.2 Å². The Bertz CT molecular complexity index is 133. The number of piperidine rings is 1. The van der Waals surface area contributed by atoms with Crippen molar-refractivity contribution < 1.29 is 19.7 Å². The molecule has 0 spiro atoms. The molecule has 0 amide bonds. The van der Waals surface area contributed by atoms with Gasteiger partial charge in [-0.15, -0.1) is 0 Å². The smallest absolute Gasteiger partial charge is 0.141 e. The van der Waals surface area contributed by atoms with Crippen molar-refractivity contribution in [1.29, 1.82) is 0 Å². The van der Waals surface area contributed by atoms with E-state index in [0.29, 0.717) is 0 Å². The maximum atomic E-state index is 12.6. The first-order chi connectivity index (χ1) is 5.16. The summed E-state index contributed by atoms with van der Waals surface area (Å²) in [6.07, 6.45) is -4.05. The highest BCUT2D eigenvalue weighted by atomic mass is 19.1. The third kappa shape index (κ3) is 1.67. The highest BCUT2D eigenvalue weighted by Gasteiger charge is 2.36. The molecule has 4 atom stereocenters. The molecule has 1 aliphatic rings. The Hall–Kier alpha value is -0.230. The SMILES string of the molecule is OC[C@H]1NC[C@H](F)[C@@H](O)[C@@H]1O. The predicted molar refractivity (Wildman–Crippen MR) is 35.8 cm³/mol. The summed E-state index contributed by atoms with van der Waals surface area (Å²) in [5.74, 6) is 0. The number of alkyl halides is 1. The quantitative estimate of drug-likeness (QED) is 0.363. The molecule has 1 fully saturated rings. The van der Waals surface area contributed by atoms with Gasteiger partial charge in [-0.3, -0.25) is 0 Å². The zero-order valence-electron chi connectivity index (χ0n) is 5.94. The second-order valence-electron chi connectivity index (χ2n) is 2.69. The summed E-state index contributed by atoms with van der Waals surface area (Å²) in [6, 6.07) is -0.614. The van der Waals surface area contributed by atoms with Crippen molar-refractivity contribution in [2.24, 2.45) is 0 Å². The summed E-state index contributed by atoms with van der Waals surface area (Å²) >= 11 is 0. The molecule has 1 rings (SSSR count). The lowest BCUT2D eigenvalue weighted by Gasteiger charge is -2.33. The largest absolute Gasteiger partial charge is 0.395 e. The van der Waals surface area contributed by atoms with E-state index in [9.17, 15) is 4.39 Å². The molecule has 1 heterocycles. The van der Waals surface area contributed by atoms with E-state index in [1.54, 1.807) is 0 Å². The molecule has 0 aromatic carbocycles. The van der Waals surface area contributed by atoms with Gasteiger partial charge < -0.3 is 20.6 Å². The van der Waals surface area contributed by atoms with Crippen molar-refractivity contribution in [3.63, 3.8) is 0 Å². The van der Waals surface area contributed by atoms with Gasteiger partial charge >= 0.3 is 0 Å². The van der Waals surface area contributed by atoms with Crippen LogP contribution in [0.25, 0.3) is 0 Å². The number of aliphatic hydroxyl groups is 3. The van der Waals surface area contributed by atoms with Crippen LogP contribution in [-0.4, -0.2) is 52.9 Å². The molecular weight excluding hydrogens is 153 g/mol. The molecule has 0 aliphatic carbocycles. The average Bonchev–Trinajstić information content (AvgIpc) is 2.01. The van der Waals surface area contributed by atoms with Crippen LogP contribution in [0.5, 0.6) is 0 Å². The number of aliphatic hydroxyl groups excluding tert-OH is 3. The first kappa shape index (κ1) is 8.86. The van der Waals surface area contributed by atoms with Crippen LogP contribution in [0.1, 0.15) is 0 Å². The zero-order valence-corrected chi connectivity index (χ0v) is 5.94. The Morgan fingerprint density at radius 3 is 2.55 bits per heavy atom. The summed E-state index contributed by atoms with van der Waals surface area (Å²) in [5.41, 5.74) is 0. The van der Waals surface area contributed by atoms with E-state index in [-0.39, 0.29) is 13.2 Å². The van der Waals surface area contributed by atoms with Gasteiger partial charge in [-0.25, -0.2) is 4.39 Å². The fourth-order valence-electron chi connectivity index (χ4n) is 1.13. The van der Waals surface area contributed by atoms with Crippen molar-refractivity contribution in [2.45, 2.75) is 24.4 Å². The van der Waals surface area contributed by atoms with Gasteiger partial charge in [-0.05, 0) is 0 Å². The van der Waals surface area contributed by atoms with E-state index in [2.05, 4.69) is 5.32 Å². The Kier molecular flexibility index (Phi) is 2.78. The molecule has 1 saturated heterocycles. The van der Waals surface area contributed by atoms with Gasteiger partial charge in [-0.2, -0.15) is 0 Å². The summed E-state index contributed by atoms with van der Waals surface area (Å²) in [6.45, 7) is -0.325. The molecule has 5 heteroatoms. The van der Waals surface area contributed by atoms with Gasteiger partial charge in [0.1, 0.15) is 18.4 Å². The minimum Gasteiger partial charge on any atom is -0.395 e. The molecule has 0 aromatic heterocycles. The fraction of sp³-hybridized carbons (Fsp3) is 1.00. The van der Waals surface area contributed by atoms with E-state index in [4.69, 9.17) is 15.3 Å². The molecule has 0 radical (unpaired) electrons. The fourth-order valence-corrected chi connectivity index (χ4v) is 1.13. The van der Waals surface area contributed by atoms with Gasteiger partial charge in [0.05, 0.1) is 12.6 Å². The molecule has 0 unspecified atom stereocenters. The minimum absolute atomic E-state index is 0.0244. The van der Waals surface area contributed by atoms with Gasteiger partial charge in [0.25, 0.3) is 0 Å². The van der Waals surface area contributed by atoms with Crippen molar-refractivity contribution >= 4 is 0 Å². The highest BCUT2D eigenvalue weighted by Crippen LogP contribution is 2.12. The van der Waals surface area contributed by atoms with Crippen molar-refractivity contribution in [1.82, 2.24) is 5.32 Å². The lowest BCUT2D eigenvalue weighted by atomic mass is 9.98. The first-order valence-corrected chi connectivity index (χ1v) is 3.51. The Morgan fingerprint density at radius 2 is 2.00 bits per heavy atom. The summed E-state index contributed by atoms with van der Waals surface area (Å²) < 4.78 is 12.6. The Morgan fingerprint density at radius 1 is 1.36 bits per heavy atom. The third-order valence-electron chi connectivity index (χ3n) is 1.90. The van der Waals surface area contributed by atoms with E-state index in [1.807, 2.05) is 0 Å². The van der Waals surface area contributed by atoms with Crippen LogP contribution in [0.4, 0.5) is 4.39 Å². The maximum Gasteiger partial charge on any atom is 0.141 e. The number of halogens is 1. The third-order valence-corrected chi connectivity index (χ3v) is 1.90. The van der Waals surface area contributed by atoms with Gasteiger partial charge in [0, 0.05) is 6.54 Å². The molecule has 66 valence electrons. The van der Waals surface area contributed by atoms with E-state index < -0.39 is 24.4 Å². The highest BCUT2D eigenvalue weighted by molar-refractivity contribution is 4.91. The number of nitrogens with one attached hydrogen (secondary N) is 1. The Balaban J connectivity index is 2.52. The topological polar surface area (TPSA) is 72.7 Å². The van der Waals surface area contributed by atoms with E-state index in [1.165, 1.54) is 0 Å². The molecule has 0 bridgehead atoms. The minimum atomic E-state index is -1.45. The van der Waals surface area contributed by atoms with Crippen LogP contribution >= 0.6 is 0 Å². The van der Waals surface area contributed by atoms with Gasteiger partial charge in [-0.1, -0.05) is 0 Å². The maximum absolute atomic E-state index is 12.6. The van der Waals surface area contributed by atoms with E-state index in [0.717, 1.165) is 0 Å². The molecule has 1 aliphatic heterocycles. The van der Waals surface area contributed by atoms with Gasteiger partial charge in [0.2, 0.25) is 0 Å². The van der Waals surface area contributed by atoms with Crippen LogP contribution in [0.2, 0.25) is 0 Å². The van der Waals surface area contributed by atoms with Crippen molar-refractivity contribution in [3.8, 4) is 0 Å². The first-order valence-electron chi connectivity index (χ1n) is 3.51. The van der Waals surface area contributed by atoms with E-state index >= 15 is 0 Å². The predicted octanol–water partition coefficient (Wildman–Crippen LogP) is -1.99. The second-order valence-corrected chi connectivity index (χ2v) is 2.69. The monoisotopic (exact) mass is 165 g/mol. The summed E-state index contributed by atoms with van der Waals surface area (Å²) in [7, 11) is 0. The number of hydrogen-bond acceptors (Lipinski definition) is 4. The standard InChI is InChI=1S/C6H12FNO3/c7-3-1-8-4(2-9)6(11)5(3)10/h3-6,8-11H,1-2H2/t3-,4+,5+,6+/m0/s1. The number of hydrogen-bond donors (Lipinski definition) is 4. The van der Waals surface area contributed by atoms with Crippen LogP contribution < -0.4 is 5.32 Å². The molecule has 4 N–H and O–H groups in total. The lowest BCUT2D eigenvalue weighted by molar-refractivity contribution is -0.0762. The zero-order chi connectivity index (χ0) is 8.43. The number of rotatable bonds is 1. The van der Waals surface area contributed by atoms with Crippen LogP contribution in [0, 0.1) is 0 Å². The lowest BCUT2D eigenvalue weighted by Crippen LogP contribution is -2.59. The van der Waals surface area contributed by atoms with Crippen LogP contribution in [-0.2, 0) is 0 Å². The molecule has 4 nitrogen and oxygen atoms in total.